The number of hydrogen-bond donors (Lipinski definition) is 1. The molecule has 1 aromatic rings. The maximum atomic E-state index is 14.2. The van der Waals surface area contributed by atoms with E-state index in [1.54, 1.807) is 28.7 Å². The lowest BCUT2D eigenvalue weighted by atomic mass is 9.84. The number of rotatable bonds is 13. The van der Waals surface area contributed by atoms with Crippen LogP contribution in [0.1, 0.15) is 99.5 Å². The SMILES string of the molecule is CC(=C[C@H](C(C)C)N(C)C(=O)[C@@H](NC(=O)[C@H]1CCCCN1C(C)C)C(C)(C)C)C(=O)N1CCC[C@H]1C(=O)N(CCC#N)Cc1ccccc1. The molecule has 2 heterocycles. The molecule has 0 aromatic heterocycles. The average Bonchev–Trinajstić information content (AvgIpc) is 3.56. The molecule has 0 bridgehead atoms. The van der Waals surface area contributed by atoms with Crippen LogP contribution in [0.5, 0.6) is 0 Å². The summed E-state index contributed by atoms with van der Waals surface area (Å²) in [6, 6.07) is 9.99. The highest BCUT2D eigenvalue weighted by Crippen LogP contribution is 2.27. The third-order valence-electron chi connectivity index (χ3n) is 9.97. The predicted molar refractivity (Wildman–Crippen MR) is 193 cm³/mol. The third-order valence-corrected chi connectivity index (χ3v) is 9.97. The second-order valence-electron chi connectivity index (χ2n) is 15.5. The molecule has 0 aliphatic carbocycles. The molecule has 0 unspecified atom stereocenters. The molecule has 270 valence electrons. The first-order valence-electron chi connectivity index (χ1n) is 18.1. The van der Waals surface area contributed by atoms with E-state index in [1.807, 2.05) is 71.0 Å². The van der Waals surface area contributed by atoms with Crippen LogP contribution in [0.4, 0.5) is 0 Å². The van der Waals surface area contributed by atoms with Crippen molar-refractivity contribution in [3.8, 4) is 6.07 Å². The van der Waals surface area contributed by atoms with Crippen LogP contribution in [0.15, 0.2) is 42.0 Å². The van der Waals surface area contributed by atoms with Crippen molar-refractivity contribution in [2.24, 2.45) is 11.3 Å². The molecule has 2 aliphatic rings. The first-order valence-corrected chi connectivity index (χ1v) is 18.1. The molecule has 49 heavy (non-hydrogen) atoms. The van der Waals surface area contributed by atoms with Gasteiger partial charge in [0.05, 0.1) is 24.6 Å². The molecule has 0 spiro atoms. The number of piperidine rings is 1. The summed E-state index contributed by atoms with van der Waals surface area (Å²) in [6.07, 6.45) is 6.13. The Kier molecular flexibility index (Phi) is 14.4. The van der Waals surface area contributed by atoms with Gasteiger partial charge < -0.3 is 20.0 Å². The number of carbonyl (C=O) groups excluding carboxylic acids is 4. The fourth-order valence-electron chi connectivity index (χ4n) is 7.13. The maximum absolute atomic E-state index is 14.2. The fourth-order valence-corrected chi connectivity index (χ4v) is 7.13. The zero-order valence-corrected chi connectivity index (χ0v) is 31.4. The van der Waals surface area contributed by atoms with Crippen molar-refractivity contribution in [1.82, 2.24) is 24.9 Å². The van der Waals surface area contributed by atoms with Crippen molar-refractivity contribution in [1.29, 1.82) is 5.26 Å². The second-order valence-corrected chi connectivity index (χ2v) is 15.5. The van der Waals surface area contributed by atoms with Crippen molar-refractivity contribution < 1.29 is 19.2 Å². The maximum Gasteiger partial charge on any atom is 0.249 e. The largest absolute Gasteiger partial charge is 0.342 e. The molecule has 2 aliphatic heterocycles. The van der Waals surface area contributed by atoms with Crippen molar-refractivity contribution in [3.05, 3.63) is 47.5 Å². The van der Waals surface area contributed by atoms with E-state index in [2.05, 4.69) is 30.1 Å². The summed E-state index contributed by atoms with van der Waals surface area (Å²) >= 11 is 0. The fraction of sp³-hybridized carbons (Fsp3) is 0.667. The summed E-state index contributed by atoms with van der Waals surface area (Å²) in [7, 11) is 1.74. The van der Waals surface area contributed by atoms with Crippen LogP contribution in [0, 0.1) is 22.7 Å². The number of hydrogen-bond acceptors (Lipinski definition) is 6. The summed E-state index contributed by atoms with van der Waals surface area (Å²) in [6.45, 7) is 17.8. The molecule has 10 heteroatoms. The molecule has 3 rings (SSSR count). The number of nitrogens with zero attached hydrogens (tertiary/aromatic N) is 5. The summed E-state index contributed by atoms with van der Waals surface area (Å²) in [5.74, 6) is -0.714. The number of carbonyl (C=O) groups is 4. The van der Waals surface area contributed by atoms with Gasteiger partial charge in [0.15, 0.2) is 0 Å². The molecule has 0 saturated carbocycles. The summed E-state index contributed by atoms with van der Waals surface area (Å²) in [5.41, 5.74) is 0.888. The molecule has 1 N–H and O–H groups in total. The number of benzene rings is 1. The Morgan fingerprint density at radius 1 is 1.00 bits per heavy atom. The molecule has 4 atom stereocenters. The van der Waals surface area contributed by atoms with Crippen LogP contribution >= 0.6 is 0 Å². The number of amides is 4. The standard InChI is InChI=1S/C39H60N6O4/c1-27(2)33(42(9)38(49)34(39(6,7)8)41-35(46)31-19-13-14-23-44(31)28(3)4)25-29(5)36(47)45-24-15-20-32(45)37(48)43(22-16-21-40)26-30-17-11-10-12-18-30/h10-12,17-18,25,27-28,31-34H,13-16,19-20,22-24,26H2,1-9H3,(H,41,46)/t31-,32+,33-,34-/m1/s1. The number of nitrogens with one attached hydrogen (secondary N) is 1. The molecule has 1 aromatic carbocycles. The first kappa shape index (κ1) is 39.7. The highest BCUT2D eigenvalue weighted by Gasteiger charge is 2.41. The average molecular weight is 677 g/mol. The number of nitriles is 1. The van der Waals surface area contributed by atoms with Crippen molar-refractivity contribution in [2.75, 3.05) is 26.7 Å². The van der Waals surface area contributed by atoms with Gasteiger partial charge in [-0.1, -0.05) is 77.4 Å². The number of likely N-dealkylation sites (N-methyl/N-ethyl adjacent to an activating group) is 1. The third kappa shape index (κ3) is 10.4. The summed E-state index contributed by atoms with van der Waals surface area (Å²) < 4.78 is 0. The van der Waals surface area contributed by atoms with E-state index < -0.39 is 23.5 Å². The lowest BCUT2D eigenvalue weighted by Crippen LogP contribution is -2.60. The molecule has 2 fully saturated rings. The Hall–Kier alpha value is -3.71. The number of likely N-dealkylation sites (tertiary alicyclic amines) is 2. The normalized spacial score (nSPS) is 20.1. The smallest absolute Gasteiger partial charge is 0.249 e. The minimum Gasteiger partial charge on any atom is -0.342 e. The van der Waals surface area contributed by atoms with E-state index in [9.17, 15) is 24.4 Å². The van der Waals surface area contributed by atoms with E-state index in [0.717, 1.165) is 31.4 Å². The minimum absolute atomic E-state index is 0.0221. The zero-order valence-electron chi connectivity index (χ0n) is 31.4. The van der Waals surface area contributed by atoms with Gasteiger partial charge in [0.2, 0.25) is 23.6 Å². The first-order chi connectivity index (χ1) is 23.1. The van der Waals surface area contributed by atoms with Gasteiger partial charge in [-0.05, 0) is 69.9 Å². The van der Waals surface area contributed by atoms with Gasteiger partial charge >= 0.3 is 0 Å². The Bertz CT molecular complexity index is 1360. The van der Waals surface area contributed by atoms with Crippen LogP contribution in [0.2, 0.25) is 0 Å². The van der Waals surface area contributed by atoms with E-state index in [4.69, 9.17) is 0 Å². The van der Waals surface area contributed by atoms with E-state index >= 15 is 0 Å². The Morgan fingerprint density at radius 3 is 2.24 bits per heavy atom. The van der Waals surface area contributed by atoms with Crippen LogP contribution in [0.3, 0.4) is 0 Å². The Morgan fingerprint density at radius 2 is 1.65 bits per heavy atom. The lowest BCUT2D eigenvalue weighted by molar-refractivity contribution is -0.142. The molecule has 4 amide bonds. The molecule has 2 saturated heterocycles. The van der Waals surface area contributed by atoms with Gasteiger partial charge in [0.25, 0.3) is 0 Å². The molecule has 10 nitrogen and oxygen atoms in total. The van der Waals surface area contributed by atoms with Gasteiger partial charge in [-0.25, -0.2) is 0 Å². The van der Waals surface area contributed by atoms with E-state index in [1.165, 1.54) is 0 Å². The van der Waals surface area contributed by atoms with Crippen molar-refractivity contribution in [2.45, 2.75) is 131 Å². The van der Waals surface area contributed by atoms with Crippen LogP contribution < -0.4 is 5.32 Å². The van der Waals surface area contributed by atoms with Gasteiger partial charge in [-0.2, -0.15) is 5.26 Å². The molecular formula is C39H60N6O4. The van der Waals surface area contributed by atoms with Crippen molar-refractivity contribution >= 4 is 23.6 Å². The van der Waals surface area contributed by atoms with Gasteiger partial charge in [-0.3, -0.25) is 24.1 Å². The van der Waals surface area contributed by atoms with Crippen LogP contribution in [0.25, 0.3) is 0 Å². The quantitative estimate of drug-likeness (QED) is 0.289. The van der Waals surface area contributed by atoms with Gasteiger partial charge in [-0.15, -0.1) is 0 Å². The Labute approximate surface area is 294 Å². The van der Waals surface area contributed by atoms with Crippen LogP contribution in [-0.4, -0.2) is 100 Å². The van der Waals surface area contributed by atoms with E-state index in [-0.39, 0.29) is 48.1 Å². The monoisotopic (exact) mass is 676 g/mol. The van der Waals surface area contributed by atoms with Crippen LogP contribution in [-0.2, 0) is 25.7 Å². The van der Waals surface area contributed by atoms with Gasteiger partial charge in [0, 0.05) is 38.3 Å². The summed E-state index contributed by atoms with van der Waals surface area (Å²) in [4.78, 5) is 63.0. The van der Waals surface area contributed by atoms with Crippen molar-refractivity contribution in [3.63, 3.8) is 0 Å². The topological polar surface area (TPSA) is 117 Å². The zero-order chi connectivity index (χ0) is 36.5. The minimum atomic E-state index is -0.754. The second kappa shape index (κ2) is 17.8. The van der Waals surface area contributed by atoms with E-state index in [0.29, 0.717) is 38.0 Å². The Balaban J connectivity index is 1.81. The predicted octanol–water partition coefficient (Wildman–Crippen LogP) is 5.14. The highest BCUT2D eigenvalue weighted by molar-refractivity contribution is 5.97. The lowest BCUT2D eigenvalue weighted by Gasteiger charge is -2.41. The van der Waals surface area contributed by atoms with Gasteiger partial charge in [0.1, 0.15) is 12.1 Å². The molecule has 0 radical (unpaired) electrons. The highest BCUT2D eigenvalue weighted by atomic mass is 16.2. The summed E-state index contributed by atoms with van der Waals surface area (Å²) in [5, 5.41) is 12.4. The molecular weight excluding hydrogens is 616 g/mol.